The normalized spacial score (nSPS) is 26.6. The molecule has 0 N–H and O–H groups in total. The van der Waals surface area contributed by atoms with E-state index in [1.807, 2.05) is 24.5 Å². The second-order valence-electron chi connectivity index (χ2n) is 12.4. The molecule has 2 unspecified atom stereocenters. The Bertz CT molecular complexity index is 1750. The number of ether oxygens (including phenoxy) is 6. The molecular formula is C34H37N7O6. The van der Waals surface area contributed by atoms with Crippen molar-refractivity contribution in [3.8, 4) is 28.8 Å². The maximum Gasteiger partial charge on any atom is 0.212 e. The maximum absolute atomic E-state index is 9.81. The van der Waals surface area contributed by atoms with Crippen LogP contribution < -0.4 is 14.4 Å². The topological polar surface area (TPSA) is 129 Å². The molecule has 13 heteroatoms. The first-order valence-corrected chi connectivity index (χ1v) is 16.0. The van der Waals surface area contributed by atoms with E-state index < -0.39 is 0 Å². The van der Waals surface area contributed by atoms with Gasteiger partial charge in [-0.1, -0.05) is 6.07 Å². The number of aromatic nitrogens is 4. The molecule has 0 amide bonds. The summed E-state index contributed by atoms with van der Waals surface area (Å²) in [6.45, 7) is 4.43. The molecule has 9 heterocycles. The van der Waals surface area contributed by atoms with Gasteiger partial charge in [0.2, 0.25) is 5.88 Å². The zero-order chi connectivity index (χ0) is 31.9. The van der Waals surface area contributed by atoms with E-state index in [0.717, 1.165) is 36.6 Å². The molecule has 0 spiro atoms. The second kappa shape index (κ2) is 12.7. The zero-order valence-electron chi connectivity index (χ0n) is 26.4. The van der Waals surface area contributed by atoms with E-state index in [-0.39, 0.29) is 24.4 Å². The van der Waals surface area contributed by atoms with E-state index >= 15 is 0 Å². The average molecular weight is 640 g/mol. The Morgan fingerprint density at radius 3 is 2.51 bits per heavy atom. The minimum absolute atomic E-state index is 0.0598. The second-order valence-corrected chi connectivity index (χ2v) is 12.4. The van der Waals surface area contributed by atoms with Gasteiger partial charge in [0.25, 0.3) is 0 Å². The van der Waals surface area contributed by atoms with Gasteiger partial charge in [0.15, 0.2) is 0 Å². The number of hydrogen-bond acceptors (Lipinski definition) is 12. The van der Waals surface area contributed by atoms with Gasteiger partial charge in [-0.15, -0.1) is 0 Å². The summed E-state index contributed by atoms with van der Waals surface area (Å²) in [6, 6.07) is 13.3. The van der Waals surface area contributed by atoms with E-state index in [0.29, 0.717) is 61.2 Å². The van der Waals surface area contributed by atoms with Gasteiger partial charge in [-0.05, 0) is 30.2 Å². The van der Waals surface area contributed by atoms with Crippen LogP contribution in [-0.4, -0.2) is 115 Å². The van der Waals surface area contributed by atoms with Crippen LogP contribution in [0.4, 0.5) is 5.82 Å². The van der Waals surface area contributed by atoms with Crippen LogP contribution in [0.3, 0.4) is 0 Å². The lowest BCUT2D eigenvalue weighted by atomic mass is 9.87. The fourth-order valence-electron chi connectivity index (χ4n) is 7.31. The van der Waals surface area contributed by atoms with Gasteiger partial charge < -0.3 is 33.3 Å². The molecule has 13 nitrogen and oxygen atoms in total. The van der Waals surface area contributed by atoms with E-state index in [2.05, 4.69) is 44.2 Å². The third-order valence-electron chi connectivity index (χ3n) is 9.76. The first kappa shape index (κ1) is 30.0. The molecule has 2 bridgehead atoms. The zero-order valence-corrected chi connectivity index (χ0v) is 26.4. The molecule has 0 aliphatic carbocycles. The molecular weight excluding hydrogens is 602 g/mol. The minimum Gasteiger partial charge on any atom is -0.490 e. The van der Waals surface area contributed by atoms with E-state index in [1.54, 1.807) is 31.1 Å². The van der Waals surface area contributed by atoms with Crippen molar-refractivity contribution in [1.82, 2.24) is 24.5 Å². The molecule has 9 rings (SSSR count). The predicted molar refractivity (Wildman–Crippen MR) is 169 cm³/mol. The molecule has 5 aliphatic heterocycles. The van der Waals surface area contributed by atoms with Crippen molar-refractivity contribution in [1.29, 1.82) is 5.26 Å². The Kier molecular flexibility index (Phi) is 8.12. The van der Waals surface area contributed by atoms with Crippen LogP contribution in [0.25, 0.3) is 16.6 Å². The summed E-state index contributed by atoms with van der Waals surface area (Å²) in [6.07, 6.45) is 7.89. The van der Waals surface area contributed by atoms with Crippen molar-refractivity contribution < 1.29 is 28.4 Å². The summed E-state index contributed by atoms with van der Waals surface area (Å²) in [5.74, 6) is 2.20. The summed E-state index contributed by atoms with van der Waals surface area (Å²) in [5.41, 5.74) is 4.11. The van der Waals surface area contributed by atoms with E-state index in [9.17, 15) is 5.26 Å². The number of rotatable bonds is 11. The molecule has 5 fully saturated rings. The van der Waals surface area contributed by atoms with Crippen LogP contribution in [-0.2, 0) is 25.5 Å². The highest BCUT2D eigenvalue weighted by molar-refractivity contribution is 5.85. The van der Waals surface area contributed by atoms with Gasteiger partial charge in [0.1, 0.15) is 48.7 Å². The van der Waals surface area contributed by atoms with Crippen molar-refractivity contribution in [2.24, 2.45) is 0 Å². The average Bonchev–Trinajstić information content (AvgIpc) is 3.85. The van der Waals surface area contributed by atoms with Crippen molar-refractivity contribution in [2.75, 3.05) is 58.6 Å². The highest BCUT2D eigenvalue weighted by Crippen LogP contribution is 2.37. The summed E-state index contributed by atoms with van der Waals surface area (Å²) < 4.78 is 36.2. The summed E-state index contributed by atoms with van der Waals surface area (Å²) in [7, 11) is 3.30. The highest BCUT2D eigenvalue weighted by Gasteiger charge is 2.48. The summed E-state index contributed by atoms with van der Waals surface area (Å²) in [4.78, 5) is 14.2. The molecule has 4 aromatic rings. The Balaban J connectivity index is 0.922. The van der Waals surface area contributed by atoms with Gasteiger partial charge in [0, 0.05) is 68.4 Å². The number of hydrogen-bond donors (Lipinski definition) is 0. The van der Waals surface area contributed by atoms with E-state index in [1.165, 1.54) is 12.0 Å². The number of pyridine rings is 3. The smallest absolute Gasteiger partial charge is 0.212 e. The Labute approximate surface area is 272 Å². The van der Waals surface area contributed by atoms with Crippen LogP contribution >= 0.6 is 0 Å². The van der Waals surface area contributed by atoms with Crippen LogP contribution in [0, 0.1) is 11.3 Å². The van der Waals surface area contributed by atoms with Gasteiger partial charge in [-0.25, -0.2) is 14.5 Å². The van der Waals surface area contributed by atoms with Crippen LogP contribution in [0.15, 0.2) is 55.1 Å². The number of piperazine rings is 1. The first-order valence-electron chi connectivity index (χ1n) is 16.0. The standard InChI is InChI=1S/C34H37N7O6/c1-42-28-19-46-34-29(20-47-33(28)34)45-8-7-44-26-10-27(32-23(11-35)14-38-41(32)18-26)22-4-5-30(36-13-22)39-16-24-9-25(17-39)40(24)15-21-3-6-31(43-2)37-12-21/h3-6,10,12-14,18,24-25,28-29,33-34H,7-9,15-17,19-20H2,1-2H3/t24?,25?,28-,29-,33-,34-/m1/s1. The highest BCUT2D eigenvalue weighted by atomic mass is 16.6. The molecule has 0 saturated carbocycles. The molecule has 47 heavy (non-hydrogen) atoms. The monoisotopic (exact) mass is 639 g/mol. The first-order chi connectivity index (χ1) is 23.1. The summed E-state index contributed by atoms with van der Waals surface area (Å²) >= 11 is 0. The molecule has 4 aromatic heterocycles. The fraction of sp³-hybridized carbons (Fsp3) is 0.471. The van der Waals surface area contributed by atoms with Crippen LogP contribution in [0.5, 0.6) is 11.6 Å². The SMILES string of the molecule is COc1ccc(CN2C3CC2CN(c2ccc(-c4cc(OCCO[C@@H]5CO[C@H]6[C@@H]5OC[C@H]6OC)cn5ncc(C#N)c45)cn2)C3)cn1. The third-order valence-corrected chi connectivity index (χ3v) is 9.76. The molecule has 5 aliphatic rings. The number of methoxy groups -OCH3 is 2. The molecule has 0 aromatic carbocycles. The Morgan fingerprint density at radius 1 is 0.957 bits per heavy atom. The quantitative estimate of drug-likeness (QED) is 0.224. The lowest BCUT2D eigenvalue weighted by molar-refractivity contribution is -0.0472. The predicted octanol–water partition coefficient (Wildman–Crippen LogP) is 2.71. The number of nitriles is 1. The Hall–Kier alpha value is -4.32. The van der Waals surface area contributed by atoms with Crippen molar-refractivity contribution in [2.45, 2.75) is 49.5 Å². The van der Waals surface area contributed by atoms with Crippen LogP contribution in [0.2, 0.25) is 0 Å². The largest absolute Gasteiger partial charge is 0.490 e. The van der Waals surface area contributed by atoms with Gasteiger partial charge in [-0.2, -0.15) is 10.4 Å². The Morgan fingerprint density at radius 2 is 1.79 bits per heavy atom. The lowest BCUT2D eigenvalue weighted by Gasteiger charge is -2.56. The number of piperidine rings is 1. The van der Waals surface area contributed by atoms with Crippen molar-refractivity contribution in [3.05, 3.63) is 66.2 Å². The van der Waals surface area contributed by atoms with Crippen molar-refractivity contribution in [3.63, 3.8) is 0 Å². The van der Waals surface area contributed by atoms with E-state index in [4.69, 9.17) is 33.4 Å². The van der Waals surface area contributed by atoms with Gasteiger partial charge in [0.05, 0.1) is 50.4 Å². The number of nitrogens with zero attached hydrogens (tertiary/aromatic N) is 7. The molecule has 244 valence electrons. The number of anilines is 1. The fourth-order valence-corrected chi connectivity index (χ4v) is 7.31. The third kappa shape index (κ3) is 5.66. The van der Waals surface area contributed by atoms with Crippen LogP contribution in [0.1, 0.15) is 17.5 Å². The summed E-state index contributed by atoms with van der Waals surface area (Å²) in [5, 5.41) is 14.2. The lowest BCUT2D eigenvalue weighted by Crippen LogP contribution is -2.68. The van der Waals surface area contributed by atoms with Gasteiger partial charge >= 0.3 is 0 Å². The minimum atomic E-state index is -0.157. The molecule has 5 saturated heterocycles. The molecule has 6 atom stereocenters. The number of fused-ring (bicyclic) bond motifs is 4. The van der Waals surface area contributed by atoms with Gasteiger partial charge in [-0.3, -0.25) is 4.90 Å². The van der Waals surface area contributed by atoms with Crippen molar-refractivity contribution >= 4 is 11.3 Å². The molecule has 0 radical (unpaired) electrons. The maximum atomic E-state index is 9.81.